The van der Waals surface area contributed by atoms with Gasteiger partial charge in [-0.3, -0.25) is 4.79 Å². The summed E-state index contributed by atoms with van der Waals surface area (Å²) in [5.41, 5.74) is 1.52. The lowest BCUT2D eigenvalue weighted by atomic mass is 10.2. The highest BCUT2D eigenvalue weighted by molar-refractivity contribution is 8.00. The molecule has 0 saturated carbocycles. The van der Waals surface area contributed by atoms with Crippen molar-refractivity contribution in [3.05, 3.63) is 66.4 Å². The highest BCUT2D eigenvalue weighted by atomic mass is 32.2. The lowest BCUT2D eigenvalue weighted by Crippen LogP contribution is -2.07. The van der Waals surface area contributed by atoms with E-state index in [1.165, 1.54) is 11.8 Å². The predicted octanol–water partition coefficient (Wildman–Crippen LogP) is 4.19. The summed E-state index contributed by atoms with van der Waals surface area (Å²) >= 11 is 1.41. The zero-order valence-electron chi connectivity index (χ0n) is 13.7. The van der Waals surface area contributed by atoms with Crippen LogP contribution in [0.1, 0.15) is 5.69 Å². The molecule has 3 rings (SSSR count). The Morgan fingerprint density at radius 3 is 2.60 bits per heavy atom. The maximum Gasteiger partial charge on any atom is 0.316 e. The number of thioether (sulfide) groups is 1. The first kappa shape index (κ1) is 17.1. The number of rotatable bonds is 7. The zero-order valence-corrected chi connectivity index (χ0v) is 14.5. The van der Waals surface area contributed by atoms with Gasteiger partial charge in [-0.15, -0.1) is 11.8 Å². The molecule has 128 valence electrons. The topological polar surface area (TPSA) is 61.6 Å². The fourth-order valence-electron chi connectivity index (χ4n) is 2.13. The summed E-state index contributed by atoms with van der Waals surface area (Å²) in [6.45, 7) is 0.0956. The fraction of sp³-hybridized carbons (Fsp3) is 0.158. The number of methoxy groups -OCH3 is 1. The summed E-state index contributed by atoms with van der Waals surface area (Å²) in [4.78, 5) is 12.8. The van der Waals surface area contributed by atoms with Crippen LogP contribution >= 0.6 is 11.8 Å². The summed E-state index contributed by atoms with van der Waals surface area (Å²) in [5.74, 6) is 1.37. The van der Waals surface area contributed by atoms with Gasteiger partial charge in [0.2, 0.25) is 0 Å². The van der Waals surface area contributed by atoms with E-state index in [1.807, 2.05) is 54.6 Å². The van der Waals surface area contributed by atoms with Gasteiger partial charge >= 0.3 is 5.97 Å². The first-order chi connectivity index (χ1) is 12.2. The van der Waals surface area contributed by atoms with Crippen LogP contribution in [0, 0.1) is 0 Å². The van der Waals surface area contributed by atoms with Gasteiger partial charge in [-0.2, -0.15) is 0 Å². The van der Waals surface area contributed by atoms with E-state index in [4.69, 9.17) is 14.0 Å². The number of carbonyl (C=O) groups is 1. The monoisotopic (exact) mass is 355 g/mol. The van der Waals surface area contributed by atoms with E-state index < -0.39 is 0 Å². The predicted molar refractivity (Wildman–Crippen MR) is 95.5 cm³/mol. The van der Waals surface area contributed by atoms with Crippen LogP contribution in [0.4, 0.5) is 0 Å². The number of nitrogens with zero attached hydrogens (tertiary/aromatic N) is 1. The van der Waals surface area contributed by atoms with Gasteiger partial charge in [0.25, 0.3) is 0 Å². The molecule has 0 N–H and O–H groups in total. The van der Waals surface area contributed by atoms with E-state index in [1.54, 1.807) is 13.2 Å². The van der Waals surface area contributed by atoms with Gasteiger partial charge in [-0.25, -0.2) is 0 Å². The Kier molecular flexibility index (Phi) is 5.74. The molecule has 2 aromatic carbocycles. The Hall–Kier alpha value is -2.73. The third-order valence-electron chi connectivity index (χ3n) is 3.41. The summed E-state index contributed by atoms with van der Waals surface area (Å²) in [5, 5.41) is 3.93. The molecule has 0 bridgehead atoms. The van der Waals surface area contributed by atoms with Crippen molar-refractivity contribution in [2.24, 2.45) is 0 Å². The molecule has 3 aromatic rings. The highest BCUT2D eigenvalue weighted by Gasteiger charge is 2.10. The second kappa shape index (κ2) is 8.39. The lowest BCUT2D eigenvalue weighted by molar-refractivity contribution is -0.141. The van der Waals surface area contributed by atoms with E-state index >= 15 is 0 Å². The smallest absolute Gasteiger partial charge is 0.316 e. The van der Waals surface area contributed by atoms with Crippen molar-refractivity contribution in [3.8, 4) is 17.1 Å². The Morgan fingerprint density at radius 2 is 1.88 bits per heavy atom. The van der Waals surface area contributed by atoms with Gasteiger partial charge in [-0.1, -0.05) is 35.5 Å². The molecule has 0 aliphatic carbocycles. The van der Waals surface area contributed by atoms with Crippen molar-refractivity contribution in [1.82, 2.24) is 5.16 Å². The molecule has 0 saturated heterocycles. The maximum absolute atomic E-state index is 11.9. The van der Waals surface area contributed by atoms with Gasteiger partial charge in [0.15, 0.2) is 5.76 Å². The molecule has 0 fully saturated rings. The van der Waals surface area contributed by atoms with Crippen LogP contribution in [-0.2, 0) is 16.1 Å². The van der Waals surface area contributed by atoms with E-state index in [-0.39, 0.29) is 18.3 Å². The summed E-state index contributed by atoms with van der Waals surface area (Å²) in [7, 11) is 1.62. The first-order valence-electron chi connectivity index (χ1n) is 7.68. The third-order valence-corrected chi connectivity index (χ3v) is 4.40. The molecular weight excluding hydrogens is 338 g/mol. The standard InChI is InChI=1S/C19H17NO4S/c1-22-16-7-9-17(10-8-16)25-13-19(21)23-12-15-11-18(24-20-15)14-5-3-2-4-6-14/h2-11H,12-13H2,1H3. The molecule has 1 aromatic heterocycles. The summed E-state index contributed by atoms with van der Waals surface area (Å²) < 4.78 is 15.6. The van der Waals surface area contributed by atoms with Crippen molar-refractivity contribution >= 4 is 17.7 Å². The Bertz CT molecular complexity index is 815. The second-order valence-electron chi connectivity index (χ2n) is 5.17. The first-order valence-corrected chi connectivity index (χ1v) is 8.66. The number of ether oxygens (including phenoxy) is 2. The third kappa shape index (κ3) is 4.87. The summed E-state index contributed by atoms with van der Waals surface area (Å²) in [6, 6.07) is 18.9. The Balaban J connectivity index is 1.46. The van der Waals surface area contributed by atoms with Crippen LogP contribution in [0.15, 0.2) is 70.1 Å². The Labute approximate surface area is 149 Å². The minimum Gasteiger partial charge on any atom is -0.497 e. The van der Waals surface area contributed by atoms with Crippen LogP contribution in [-0.4, -0.2) is 24.0 Å². The van der Waals surface area contributed by atoms with Gasteiger partial charge in [0, 0.05) is 16.5 Å². The van der Waals surface area contributed by atoms with Crippen LogP contribution < -0.4 is 4.74 Å². The molecule has 25 heavy (non-hydrogen) atoms. The minimum atomic E-state index is -0.301. The maximum atomic E-state index is 11.9. The number of aromatic nitrogens is 1. The van der Waals surface area contributed by atoms with E-state index in [2.05, 4.69) is 5.16 Å². The fourth-order valence-corrected chi connectivity index (χ4v) is 2.83. The molecule has 0 aliphatic rings. The average Bonchev–Trinajstić information content (AvgIpc) is 3.15. The van der Waals surface area contributed by atoms with E-state index in [9.17, 15) is 4.79 Å². The van der Waals surface area contributed by atoms with E-state index in [0.29, 0.717) is 11.5 Å². The molecule has 5 nitrogen and oxygen atoms in total. The molecule has 6 heteroatoms. The van der Waals surface area contributed by atoms with Crippen LogP contribution in [0.2, 0.25) is 0 Å². The van der Waals surface area contributed by atoms with Crippen molar-refractivity contribution in [2.45, 2.75) is 11.5 Å². The van der Waals surface area contributed by atoms with Crippen LogP contribution in [0.25, 0.3) is 11.3 Å². The van der Waals surface area contributed by atoms with Crippen molar-refractivity contribution < 1.29 is 18.8 Å². The van der Waals surface area contributed by atoms with Gasteiger partial charge in [0.05, 0.1) is 12.9 Å². The lowest BCUT2D eigenvalue weighted by Gasteiger charge is -2.04. The molecule has 0 spiro atoms. The van der Waals surface area contributed by atoms with Crippen LogP contribution in [0.5, 0.6) is 5.75 Å². The molecule has 0 aliphatic heterocycles. The molecule has 0 amide bonds. The second-order valence-corrected chi connectivity index (χ2v) is 6.22. The molecule has 0 atom stereocenters. The van der Waals surface area contributed by atoms with Gasteiger partial charge in [-0.05, 0) is 24.3 Å². The number of carbonyl (C=O) groups excluding carboxylic acids is 1. The zero-order chi connectivity index (χ0) is 17.5. The van der Waals surface area contributed by atoms with E-state index in [0.717, 1.165) is 16.2 Å². The number of benzene rings is 2. The Morgan fingerprint density at radius 1 is 1.12 bits per heavy atom. The highest BCUT2D eigenvalue weighted by Crippen LogP contribution is 2.22. The normalized spacial score (nSPS) is 10.4. The quantitative estimate of drug-likeness (QED) is 0.468. The van der Waals surface area contributed by atoms with Crippen molar-refractivity contribution in [2.75, 3.05) is 12.9 Å². The number of esters is 1. The van der Waals surface area contributed by atoms with Gasteiger partial charge in [0.1, 0.15) is 18.1 Å². The number of hydrogen-bond acceptors (Lipinski definition) is 6. The van der Waals surface area contributed by atoms with Crippen molar-refractivity contribution in [1.29, 1.82) is 0 Å². The largest absolute Gasteiger partial charge is 0.497 e. The van der Waals surface area contributed by atoms with Crippen molar-refractivity contribution in [3.63, 3.8) is 0 Å². The van der Waals surface area contributed by atoms with Gasteiger partial charge < -0.3 is 14.0 Å². The summed E-state index contributed by atoms with van der Waals surface area (Å²) in [6.07, 6.45) is 0. The average molecular weight is 355 g/mol. The SMILES string of the molecule is COc1ccc(SCC(=O)OCc2cc(-c3ccccc3)on2)cc1. The molecule has 1 heterocycles. The molecular formula is C19H17NO4S. The molecule has 0 unspecified atom stereocenters. The minimum absolute atomic E-state index is 0.0956. The molecule has 0 radical (unpaired) electrons. The van der Waals surface area contributed by atoms with Crippen LogP contribution in [0.3, 0.4) is 0 Å². The number of hydrogen-bond donors (Lipinski definition) is 0.